The van der Waals surface area contributed by atoms with Crippen LogP contribution in [0.4, 0.5) is 4.79 Å². The van der Waals surface area contributed by atoms with Crippen molar-refractivity contribution in [3.63, 3.8) is 0 Å². The lowest BCUT2D eigenvalue weighted by atomic mass is 9.89. The van der Waals surface area contributed by atoms with E-state index in [2.05, 4.69) is 9.47 Å². The molecule has 0 bridgehead atoms. The molecule has 1 N–H and O–H groups in total. The third kappa shape index (κ3) is 3.83. The van der Waals surface area contributed by atoms with E-state index in [0.29, 0.717) is 6.42 Å². The molecule has 0 aliphatic carbocycles. The minimum absolute atomic E-state index is 0.228. The number of carbonyl (C=O) groups is 2. The van der Waals surface area contributed by atoms with Crippen LogP contribution in [-0.2, 0) is 14.3 Å². The Hall–Kier alpha value is -0.970. The molecule has 0 radical (unpaired) electrons. The van der Waals surface area contributed by atoms with Crippen LogP contribution in [0.1, 0.15) is 20.3 Å². The number of ether oxygens (including phenoxy) is 2. The zero-order valence-electron chi connectivity index (χ0n) is 8.08. The van der Waals surface area contributed by atoms with Crippen molar-refractivity contribution in [3.8, 4) is 0 Å². The fourth-order valence-corrected chi connectivity index (χ4v) is 0.709. The third-order valence-electron chi connectivity index (χ3n) is 1.98. The van der Waals surface area contributed by atoms with Crippen LogP contribution < -0.4 is 0 Å². The maximum Gasteiger partial charge on any atom is 0.509 e. The van der Waals surface area contributed by atoms with Crippen LogP contribution in [0.25, 0.3) is 0 Å². The van der Waals surface area contributed by atoms with Gasteiger partial charge in [0.25, 0.3) is 0 Å². The third-order valence-corrected chi connectivity index (χ3v) is 2.09. The van der Waals surface area contributed by atoms with Gasteiger partial charge < -0.3 is 14.6 Å². The molecule has 0 saturated heterocycles. The molecule has 0 aromatic carbocycles. The highest BCUT2D eigenvalue weighted by Gasteiger charge is 2.33. The van der Waals surface area contributed by atoms with Crippen molar-refractivity contribution in [3.05, 3.63) is 0 Å². The van der Waals surface area contributed by atoms with Gasteiger partial charge in [-0.2, -0.15) is 0 Å². The molecular weight excluding hydrogens is 212 g/mol. The zero-order chi connectivity index (χ0) is 11.2. The van der Waals surface area contributed by atoms with Crippen molar-refractivity contribution >= 4 is 23.7 Å². The number of hydrogen-bond acceptors (Lipinski definition) is 4. The van der Waals surface area contributed by atoms with E-state index in [0.717, 1.165) is 0 Å². The minimum atomic E-state index is -1.08. The second-order valence-electron chi connectivity index (χ2n) is 3.01. The van der Waals surface area contributed by atoms with Crippen LogP contribution in [0.3, 0.4) is 0 Å². The van der Waals surface area contributed by atoms with Crippen LogP contribution in [0.2, 0.25) is 0 Å². The van der Waals surface area contributed by atoms with E-state index in [-0.39, 0.29) is 12.7 Å². The Morgan fingerprint density at radius 1 is 1.43 bits per heavy atom. The molecule has 0 heterocycles. The van der Waals surface area contributed by atoms with Gasteiger partial charge in [-0.25, -0.2) is 4.79 Å². The van der Waals surface area contributed by atoms with Crippen LogP contribution >= 0.6 is 11.6 Å². The lowest BCUT2D eigenvalue weighted by molar-refractivity contribution is -0.150. The fraction of sp³-hybridized carbons (Fsp3) is 0.750. The average molecular weight is 225 g/mol. The van der Waals surface area contributed by atoms with E-state index in [1.165, 1.54) is 6.92 Å². The maximum atomic E-state index is 10.8. The van der Waals surface area contributed by atoms with Crippen LogP contribution in [0, 0.1) is 5.41 Å². The van der Waals surface area contributed by atoms with Crippen molar-refractivity contribution in [2.75, 3.05) is 12.7 Å². The number of aliphatic carboxylic acids is 1. The first-order valence-electron chi connectivity index (χ1n) is 4.05. The van der Waals surface area contributed by atoms with E-state index < -0.39 is 17.5 Å². The smallest absolute Gasteiger partial charge is 0.481 e. The van der Waals surface area contributed by atoms with Gasteiger partial charge in [0.15, 0.2) is 6.07 Å². The first-order chi connectivity index (χ1) is 6.46. The van der Waals surface area contributed by atoms with Gasteiger partial charge in [0.2, 0.25) is 0 Å². The molecule has 0 aliphatic rings. The SMILES string of the molecule is CCC(C)(COC(=O)OCCl)C(=O)O. The van der Waals surface area contributed by atoms with E-state index in [1.807, 2.05) is 0 Å². The van der Waals surface area contributed by atoms with Crippen LogP contribution in [-0.4, -0.2) is 29.9 Å². The summed E-state index contributed by atoms with van der Waals surface area (Å²) < 4.78 is 8.85. The predicted molar refractivity (Wildman–Crippen MR) is 49.2 cm³/mol. The van der Waals surface area contributed by atoms with Gasteiger partial charge >= 0.3 is 12.1 Å². The van der Waals surface area contributed by atoms with Crippen molar-refractivity contribution in [2.45, 2.75) is 20.3 Å². The quantitative estimate of drug-likeness (QED) is 0.570. The van der Waals surface area contributed by atoms with Gasteiger partial charge in [-0.1, -0.05) is 18.5 Å². The van der Waals surface area contributed by atoms with Crippen LogP contribution in [0.5, 0.6) is 0 Å². The summed E-state index contributed by atoms with van der Waals surface area (Å²) in [7, 11) is 0. The Morgan fingerprint density at radius 3 is 2.36 bits per heavy atom. The monoisotopic (exact) mass is 224 g/mol. The molecule has 0 amide bonds. The summed E-state index contributed by atoms with van der Waals surface area (Å²) in [5.41, 5.74) is -1.08. The Morgan fingerprint density at radius 2 is 2.00 bits per heavy atom. The standard InChI is InChI=1S/C8H13ClO5/c1-3-8(2,6(10)11)4-13-7(12)14-5-9/h3-5H2,1-2H3,(H,10,11). The lowest BCUT2D eigenvalue weighted by Crippen LogP contribution is -2.33. The molecular formula is C8H13ClO5. The average Bonchev–Trinajstić information content (AvgIpc) is 2.14. The molecule has 0 aliphatic heterocycles. The number of carboxylic acid groups (broad SMARTS) is 1. The largest absolute Gasteiger partial charge is 0.509 e. The molecule has 6 heteroatoms. The topological polar surface area (TPSA) is 72.8 Å². The number of alkyl halides is 1. The highest BCUT2D eigenvalue weighted by molar-refractivity contribution is 6.17. The Bertz CT molecular complexity index is 218. The van der Waals surface area contributed by atoms with Gasteiger partial charge in [0.05, 0.1) is 5.41 Å². The first kappa shape index (κ1) is 13.0. The number of rotatable bonds is 5. The first-order valence-corrected chi connectivity index (χ1v) is 4.58. The maximum absolute atomic E-state index is 10.8. The summed E-state index contributed by atoms with van der Waals surface area (Å²) in [6.07, 6.45) is -0.600. The van der Waals surface area contributed by atoms with E-state index in [4.69, 9.17) is 16.7 Å². The number of hydrogen-bond donors (Lipinski definition) is 1. The number of halogens is 1. The van der Waals surface area contributed by atoms with Crippen molar-refractivity contribution in [1.82, 2.24) is 0 Å². The van der Waals surface area contributed by atoms with Gasteiger partial charge in [-0.3, -0.25) is 4.79 Å². The zero-order valence-corrected chi connectivity index (χ0v) is 8.84. The lowest BCUT2D eigenvalue weighted by Gasteiger charge is -2.21. The Labute approximate surface area is 86.9 Å². The van der Waals surface area contributed by atoms with Crippen molar-refractivity contribution < 1.29 is 24.2 Å². The van der Waals surface area contributed by atoms with Crippen molar-refractivity contribution in [1.29, 1.82) is 0 Å². The molecule has 5 nitrogen and oxygen atoms in total. The second kappa shape index (κ2) is 5.70. The molecule has 1 unspecified atom stereocenters. The Kier molecular flexibility index (Phi) is 5.30. The number of carboxylic acids is 1. The normalized spacial score (nSPS) is 14.2. The summed E-state index contributed by atoms with van der Waals surface area (Å²) >= 11 is 5.10. The summed E-state index contributed by atoms with van der Waals surface area (Å²) in [6.45, 7) is 2.96. The fourth-order valence-electron chi connectivity index (χ4n) is 0.619. The predicted octanol–water partition coefficient (Wildman–Crippen LogP) is 1.84. The summed E-state index contributed by atoms with van der Waals surface area (Å²) in [4.78, 5) is 21.5. The molecule has 82 valence electrons. The molecule has 0 aromatic heterocycles. The Balaban J connectivity index is 4.08. The molecule has 14 heavy (non-hydrogen) atoms. The molecule has 0 aromatic rings. The highest BCUT2D eigenvalue weighted by atomic mass is 35.5. The molecule has 0 spiro atoms. The number of carbonyl (C=O) groups excluding carboxylic acids is 1. The minimum Gasteiger partial charge on any atom is -0.481 e. The van der Waals surface area contributed by atoms with Gasteiger partial charge in [0, 0.05) is 0 Å². The molecule has 0 rings (SSSR count). The van der Waals surface area contributed by atoms with Crippen LogP contribution in [0.15, 0.2) is 0 Å². The molecule has 0 saturated carbocycles. The highest BCUT2D eigenvalue weighted by Crippen LogP contribution is 2.21. The van der Waals surface area contributed by atoms with E-state index in [9.17, 15) is 9.59 Å². The van der Waals surface area contributed by atoms with E-state index in [1.54, 1.807) is 6.92 Å². The van der Waals surface area contributed by atoms with Gasteiger partial charge in [-0.05, 0) is 13.3 Å². The second-order valence-corrected chi connectivity index (χ2v) is 3.23. The van der Waals surface area contributed by atoms with Gasteiger partial charge in [-0.15, -0.1) is 0 Å². The van der Waals surface area contributed by atoms with E-state index >= 15 is 0 Å². The molecule has 1 atom stereocenters. The summed E-state index contributed by atoms with van der Waals surface area (Å²) in [5, 5.41) is 8.82. The molecule has 0 fully saturated rings. The van der Waals surface area contributed by atoms with Gasteiger partial charge in [0.1, 0.15) is 6.61 Å². The van der Waals surface area contributed by atoms with Crippen molar-refractivity contribution in [2.24, 2.45) is 5.41 Å². The summed E-state index contributed by atoms with van der Waals surface area (Å²) in [5.74, 6) is -1.02. The summed E-state index contributed by atoms with van der Waals surface area (Å²) in [6, 6.07) is -0.311.